The molecule has 0 spiro atoms. The molecule has 15 heavy (non-hydrogen) atoms. The topological polar surface area (TPSA) is 52.9 Å². The molecule has 1 unspecified atom stereocenters. The highest BCUT2D eigenvalue weighted by molar-refractivity contribution is 5.84. The van der Waals surface area contributed by atoms with E-state index in [1.165, 1.54) is 12.8 Å². The second kappa shape index (κ2) is 7.28. The van der Waals surface area contributed by atoms with E-state index in [1.54, 1.807) is 6.92 Å². The highest BCUT2D eigenvalue weighted by Gasteiger charge is 2.30. The minimum atomic E-state index is -0.856. The van der Waals surface area contributed by atoms with Crippen LogP contribution in [0.2, 0.25) is 0 Å². The molecule has 0 aromatic rings. The summed E-state index contributed by atoms with van der Waals surface area (Å²) in [5.41, 5.74) is -0.856. The predicted molar refractivity (Wildman–Crippen MR) is 61.2 cm³/mol. The largest absolute Gasteiger partial charge is 0.355 e. The van der Waals surface area contributed by atoms with Crippen LogP contribution >= 0.6 is 0 Å². The molecule has 1 atom stereocenters. The number of hydrogen-bond acceptors (Lipinski definition) is 2. The number of rotatable bonds is 7. The molecule has 86 valence electrons. The van der Waals surface area contributed by atoms with Crippen LogP contribution in [-0.2, 0) is 4.79 Å². The lowest BCUT2D eigenvalue weighted by molar-refractivity contribution is -0.127. The van der Waals surface area contributed by atoms with Crippen molar-refractivity contribution in [3.05, 3.63) is 0 Å². The van der Waals surface area contributed by atoms with Gasteiger partial charge in [-0.1, -0.05) is 33.1 Å². The summed E-state index contributed by atoms with van der Waals surface area (Å²) >= 11 is 0. The molecule has 0 aromatic carbocycles. The minimum Gasteiger partial charge on any atom is -0.355 e. The maximum Gasteiger partial charge on any atom is 0.240 e. The maximum atomic E-state index is 11.6. The van der Waals surface area contributed by atoms with E-state index in [9.17, 15) is 4.79 Å². The molecular formula is C12H22N2O. The van der Waals surface area contributed by atoms with E-state index in [2.05, 4.69) is 18.3 Å². The van der Waals surface area contributed by atoms with Gasteiger partial charge >= 0.3 is 0 Å². The molecule has 0 rings (SSSR count). The molecule has 0 aromatic heterocycles. The summed E-state index contributed by atoms with van der Waals surface area (Å²) in [7, 11) is 0. The Balaban J connectivity index is 3.79. The number of nitrogens with zero attached hydrogens (tertiary/aromatic N) is 1. The summed E-state index contributed by atoms with van der Waals surface area (Å²) < 4.78 is 0. The number of amides is 1. The van der Waals surface area contributed by atoms with Crippen molar-refractivity contribution in [1.82, 2.24) is 5.32 Å². The standard InChI is InChI=1S/C12H22N2O/c1-4-6-7-8-9-14-11(15)12(3,5-2)10-13/h4-9H2,1-3H3,(H,14,15). The van der Waals surface area contributed by atoms with Crippen LogP contribution in [-0.4, -0.2) is 12.5 Å². The van der Waals surface area contributed by atoms with Crippen molar-refractivity contribution in [3.63, 3.8) is 0 Å². The Labute approximate surface area is 92.9 Å². The fourth-order valence-electron chi connectivity index (χ4n) is 1.24. The molecular weight excluding hydrogens is 188 g/mol. The Morgan fingerprint density at radius 1 is 1.33 bits per heavy atom. The van der Waals surface area contributed by atoms with Gasteiger partial charge in [-0.25, -0.2) is 0 Å². The number of nitriles is 1. The van der Waals surface area contributed by atoms with Gasteiger partial charge in [0.05, 0.1) is 6.07 Å². The fraction of sp³-hybridized carbons (Fsp3) is 0.833. The highest BCUT2D eigenvalue weighted by Crippen LogP contribution is 2.19. The molecule has 3 heteroatoms. The van der Waals surface area contributed by atoms with Crippen LogP contribution in [0.25, 0.3) is 0 Å². The van der Waals surface area contributed by atoms with Crippen molar-refractivity contribution < 1.29 is 4.79 Å². The Bertz CT molecular complexity index is 232. The molecule has 3 nitrogen and oxygen atoms in total. The lowest BCUT2D eigenvalue weighted by atomic mass is 9.88. The van der Waals surface area contributed by atoms with Gasteiger partial charge in [-0.2, -0.15) is 5.26 Å². The second-order valence-corrected chi connectivity index (χ2v) is 4.11. The van der Waals surface area contributed by atoms with Gasteiger partial charge in [-0.3, -0.25) is 4.79 Å². The molecule has 0 fully saturated rings. The Hall–Kier alpha value is -1.04. The number of carbonyl (C=O) groups is 1. The first kappa shape index (κ1) is 14.0. The van der Waals surface area contributed by atoms with E-state index in [-0.39, 0.29) is 5.91 Å². The van der Waals surface area contributed by atoms with Gasteiger partial charge in [0, 0.05) is 6.54 Å². The van der Waals surface area contributed by atoms with Gasteiger partial charge in [-0.15, -0.1) is 0 Å². The summed E-state index contributed by atoms with van der Waals surface area (Å²) in [6, 6.07) is 2.07. The van der Waals surface area contributed by atoms with Crippen molar-refractivity contribution in [2.75, 3.05) is 6.54 Å². The van der Waals surface area contributed by atoms with E-state index >= 15 is 0 Å². The SMILES string of the molecule is CCCCCCNC(=O)C(C)(C#N)CC. The Morgan fingerprint density at radius 2 is 2.00 bits per heavy atom. The highest BCUT2D eigenvalue weighted by atomic mass is 16.2. The quantitative estimate of drug-likeness (QED) is 0.657. The molecule has 1 N–H and O–H groups in total. The summed E-state index contributed by atoms with van der Waals surface area (Å²) in [5, 5.41) is 11.7. The van der Waals surface area contributed by atoms with Gasteiger partial charge in [-0.05, 0) is 19.8 Å². The van der Waals surface area contributed by atoms with Crippen LogP contribution in [0.4, 0.5) is 0 Å². The van der Waals surface area contributed by atoms with Crippen molar-refractivity contribution in [2.45, 2.75) is 52.9 Å². The lowest BCUT2D eigenvalue weighted by Crippen LogP contribution is -2.38. The molecule has 0 aliphatic rings. The van der Waals surface area contributed by atoms with E-state index in [1.807, 2.05) is 6.92 Å². The second-order valence-electron chi connectivity index (χ2n) is 4.11. The maximum absolute atomic E-state index is 11.6. The molecule has 0 bridgehead atoms. The van der Waals surface area contributed by atoms with Gasteiger partial charge in [0.25, 0.3) is 0 Å². The number of nitrogens with one attached hydrogen (secondary N) is 1. The van der Waals surface area contributed by atoms with Gasteiger partial charge in [0.15, 0.2) is 0 Å². The zero-order valence-electron chi connectivity index (χ0n) is 10.1. The molecule has 0 heterocycles. The third-order valence-corrected chi connectivity index (χ3v) is 2.77. The molecule has 1 amide bonds. The average Bonchev–Trinajstić information content (AvgIpc) is 2.27. The van der Waals surface area contributed by atoms with Crippen LogP contribution in [0.1, 0.15) is 52.9 Å². The van der Waals surface area contributed by atoms with Crippen LogP contribution in [0.15, 0.2) is 0 Å². The predicted octanol–water partition coefficient (Wildman–Crippen LogP) is 2.62. The number of unbranched alkanes of at least 4 members (excludes halogenated alkanes) is 3. The monoisotopic (exact) mass is 210 g/mol. The number of hydrogen-bond donors (Lipinski definition) is 1. The molecule has 0 radical (unpaired) electrons. The van der Waals surface area contributed by atoms with E-state index < -0.39 is 5.41 Å². The zero-order valence-corrected chi connectivity index (χ0v) is 10.1. The van der Waals surface area contributed by atoms with E-state index in [0.717, 1.165) is 12.8 Å². The van der Waals surface area contributed by atoms with Crippen LogP contribution < -0.4 is 5.32 Å². The van der Waals surface area contributed by atoms with Crippen molar-refractivity contribution >= 4 is 5.91 Å². The first-order chi connectivity index (χ1) is 7.10. The van der Waals surface area contributed by atoms with Crippen molar-refractivity contribution in [1.29, 1.82) is 5.26 Å². The third-order valence-electron chi connectivity index (χ3n) is 2.77. The van der Waals surface area contributed by atoms with E-state index in [0.29, 0.717) is 13.0 Å². The Kier molecular flexibility index (Phi) is 6.77. The summed E-state index contributed by atoms with van der Waals surface area (Å²) in [6.07, 6.45) is 5.11. The van der Waals surface area contributed by atoms with Crippen LogP contribution in [0.3, 0.4) is 0 Å². The zero-order chi connectivity index (χ0) is 11.7. The molecule has 0 aliphatic carbocycles. The first-order valence-corrected chi connectivity index (χ1v) is 5.80. The van der Waals surface area contributed by atoms with Crippen molar-refractivity contribution in [3.8, 4) is 6.07 Å². The van der Waals surface area contributed by atoms with Gasteiger partial charge in [0.1, 0.15) is 5.41 Å². The van der Waals surface area contributed by atoms with E-state index in [4.69, 9.17) is 5.26 Å². The van der Waals surface area contributed by atoms with Crippen molar-refractivity contribution in [2.24, 2.45) is 5.41 Å². The van der Waals surface area contributed by atoms with Gasteiger partial charge in [0.2, 0.25) is 5.91 Å². The number of carbonyl (C=O) groups excluding carboxylic acids is 1. The summed E-state index contributed by atoms with van der Waals surface area (Å²) in [6.45, 7) is 6.40. The molecule has 0 aliphatic heterocycles. The van der Waals surface area contributed by atoms with Gasteiger partial charge < -0.3 is 5.32 Å². The summed E-state index contributed by atoms with van der Waals surface area (Å²) in [4.78, 5) is 11.6. The molecule has 0 saturated heterocycles. The smallest absolute Gasteiger partial charge is 0.240 e. The van der Waals surface area contributed by atoms with Crippen LogP contribution in [0.5, 0.6) is 0 Å². The fourth-order valence-corrected chi connectivity index (χ4v) is 1.24. The minimum absolute atomic E-state index is 0.135. The first-order valence-electron chi connectivity index (χ1n) is 5.80. The van der Waals surface area contributed by atoms with Crippen LogP contribution in [0, 0.1) is 16.7 Å². The normalized spacial score (nSPS) is 14.0. The Morgan fingerprint density at radius 3 is 2.47 bits per heavy atom. The lowest BCUT2D eigenvalue weighted by Gasteiger charge is -2.18. The third kappa shape index (κ3) is 4.83. The average molecular weight is 210 g/mol. The summed E-state index contributed by atoms with van der Waals surface area (Å²) in [5.74, 6) is -0.135. The molecule has 0 saturated carbocycles.